The fraction of sp³-hybridized carbons (Fsp3) is 0.806. The van der Waals surface area contributed by atoms with Crippen molar-refractivity contribution >= 4 is 0 Å². The number of fused-ring (bicyclic) bond motifs is 5. The molecule has 5 fully saturated rings. The van der Waals surface area contributed by atoms with Gasteiger partial charge in [-0.1, -0.05) is 25.5 Å². The molecule has 1 unspecified atom stereocenters. The van der Waals surface area contributed by atoms with Crippen molar-refractivity contribution in [2.45, 2.75) is 151 Å². The molecule has 8 N–H and O–H groups in total. The Morgan fingerprint density at radius 2 is 1.58 bits per heavy atom. The van der Waals surface area contributed by atoms with E-state index in [0.29, 0.717) is 25.7 Å². The molecule has 0 radical (unpaired) electrons. The third-order valence-corrected chi connectivity index (χ3v) is 13.7. The Kier molecular flexibility index (Phi) is 9.69. The van der Waals surface area contributed by atoms with Crippen molar-refractivity contribution in [2.75, 3.05) is 6.61 Å². The van der Waals surface area contributed by atoms with Gasteiger partial charge in [-0.15, -0.1) is 0 Å². The number of allylic oxidation sites excluding steroid dienone is 1. The molecular weight excluding hydrogens is 656 g/mol. The first-order valence-electron chi connectivity index (χ1n) is 18.0. The van der Waals surface area contributed by atoms with Crippen molar-refractivity contribution in [2.24, 2.45) is 22.7 Å². The van der Waals surface area contributed by atoms with E-state index in [-0.39, 0.29) is 23.2 Å². The van der Waals surface area contributed by atoms with Gasteiger partial charge in [0.25, 0.3) is 0 Å². The van der Waals surface area contributed by atoms with Crippen molar-refractivity contribution in [1.82, 2.24) is 0 Å². The Hall–Kier alpha value is -1.79. The SMILES string of the molecule is C[C@@H]1O[C@@H](O[C@@H]2C=C3CC[C@@H]4C(C[C@@H](O)[C@]5(C)[C@@H](c6ccc(=O)oc6)CC[C@]45O)[C@@]3(C)CC2)[C@H](O)[C@H](O)[C@H]1O[C@@H]1O[C@H](CO)[C@@H](O)[C@H](O)[C@H]1O. The van der Waals surface area contributed by atoms with Crippen LogP contribution in [0.4, 0.5) is 0 Å². The molecule has 14 nitrogen and oxygen atoms in total. The number of rotatable bonds is 6. The molecule has 1 aromatic rings. The normalized spacial score (nSPS) is 52.1. The van der Waals surface area contributed by atoms with Crippen molar-refractivity contribution in [1.29, 1.82) is 0 Å². The lowest BCUT2D eigenvalue weighted by molar-refractivity contribution is -0.357. The van der Waals surface area contributed by atoms with Crippen LogP contribution < -0.4 is 5.63 Å². The summed E-state index contributed by atoms with van der Waals surface area (Å²) in [4.78, 5) is 11.6. The van der Waals surface area contributed by atoms with Gasteiger partial charge in [-0.2, -0.15) is 0 Å². The van der Waals surface area contributed by atoms with Crippen LogP contribution in [0.25, 0.3) is 0 Å². The molecule has 6 aliphatic rings. The minimum absolute atomic E-state index is 0.0303. The van der Waals surface area contributed by atoms with Crippen LogP contribution >= 0.6 is 0 Å². The molecule has 3 heterocycles. The lowest BCUT2D eigenvalue weighted by atomic mass is 9.44. The van der Waals surface area contributed by atoms with Gasteiger partial charge in [0.2, 0.25) is 0 Å². The van der Waals surface area contributed by atoms with E-state index in [1.807, 2.05) is 6.92 Å². The van der Waals surface area contributed by atoms with Gasteiger partial charge in [0.15, 0.2) is 12.6 Å². The molecule has 2 saturated heterocycles. The van der Waals surface area contributed by atoms with Gasteiger partial charge < -0.3 is 64.2 Å². The van der Waals surface area contributed by atoms with E-state index in [1.165, 1.54) is 17.9 Å². The van der Waals surface area contributed by atoms with E-state index in [9.17, 15) is 45.6 Å². The predicted octanol–water partition coefficient (Wildman–Crippen LogP) is -0.191. The van der Waals surface area contributed by atoms with E-state index in [4.69, 9.17) is 23.4 Å². The Bertz CT molecular complexity index is 1460. The summed E-state index contributed by atoms with van der Waals surface area (Å²) < 4.78 is 28.6. The summed E-state index contributed by atoms with van der Waals surface area (Å²) in [5, 5.41) is 86.6. The zero-order chi connectivity index (χ0) is 35.9. The number of aliphatic hydroxyl groups excluding tert-OH is 7. The number of ether oxygens (including phenoxy) is 4. The average Bonchev–Trinajstić information content (AvgIpc) is 3.38. The third-order valence-electron chi connectivity index (χ3n) is 13.7. The van der Waals surface area contributed by atoms with Crippen LogP contribution in [0, 0.1) is 22.7 Å². The van der Waals surface area contributed by atoms with Gasteiger partial charge in [-0.25, -0.2) is 4.79 Å². The molecule has 18 atom stereocenters. The fourth-order valence-corrected chi connectivity index (χ4v) is 10.7. The van der Waals surface area contributed by atoms with Crippen molar-refractivity contribution < 1.29 is 64.2 Å². The second-order valence-electron chi connectivity index (χ2n) is 16.0. The summed E-state index contributed by atoms with van der Waals surface area (Å²) in [5.74, 6) is -0.150. The topological polar surface area (TPSA) is 229 Å². The predicted molar refractivity (Wildman–Crippen MR) is 172 cm³/mol. The maximum absolute atomic E-state index is 12.5. The summed E-state index contributed by atoms with van der Waals surface area (Å²) in [5.41, 5.74) is -0.630. The zero-order valence-electron chi connectivity index (χ0n) is 28.7. The van der Waals surface area contributed by atoms with Gasteiger partial charge >= 0.3 is 5.63 Å². The van der Waals surface area contributed by atoms with Crippen molar-refractivity contribution in [3.05, 3.63) is 46.0 Å². The molecule has 0 amide bonds. The lowest BCUT2D eigenvalue weighted by Gasteiger charge is -2.63. The van der Waals surface area contributed by atoms with E-state index >= 15 is 0 Å². The summed E-state index contributed by atoms with van der Waals surface area (Å²) in [7, 11) is 0. The number of hydrogen-bond donors (Lipinski definition) is 8. The van der Waals surface area contributed by atoms with E-state index in [0.717, 1.165) is 24.8 Å². The average molecular weight is 709 g/mol. The lowest BCUT2D eigenvalue weighted by Crippen LogP contribution is -2.65. The molecule has 7 rings (SSSR count). The van der Waals surface area contributed by atoms with Crippen LogP contribution in [0.5, 0.6) is 0 Å². The second kappa shape index (κ2) is 13.3. The van der Waals surface area contributed by atoms with Gasteiger partial charge in [-0.05, 0) is 86.7 Å². The first-order chi connectivity index (χ1) is 23.6. The molecule has 2 aliphatic heterocycles. The Labute approximate surface area is 290 Å². The Morgan fingerprint density at radius 3 is 2.28 bits per heavy atom. The monoisotopic (exact) mass is 708 g/mol. The highest BCUT2D eigenvalue weighted by Gasteiger charge is 2.70. The maximum atomic E-state index is 12.5. The minimum Gasteiger partial charge on any atom is -0.431 e. The minimum atomic E-state index is -1.68. The van der Waals surface area contributed by atoms with E-state index in [2.05, 4.69) is 13.0 Å². The van der Waals surface area contributed by atoms with Crippen LogP contribution in [0.2, 0.25) is 0 Å². The first-order valence-corrected chi connectivity index (χ1v) is 18.0. The van der Waals surface area contributed by atoms with Crippen molar-refractivity contribution in [3.8, 4) is 0 Å². The Morgan fingerprint density at radius 1 is 0.860 bits per heavy atom. The third kappa shape index (κ3) is 5.57. The quantitative estimate of drug-likeness (QED) is 0.179. The summed E-state index contributed by atoms with van der Waals surface area (Å²) >= 11 is 0. The molecule has 0 bridgehead atoms. The van der Waals surface area contributed by atoms with Crippen LogP contribution in [0.1, 0.15) is 77.2 Å². The molecule has 14 heteroatoms. The highest BCUT2D eigenvalue weighted by atomic mass is 16.7. The van der Waals surface area contributed by atoms with Gasteiger partial charge in [0, 0.05) is 11.5 Å². The number of hydrogen-bond acceptors (Lipinski definition) is 14. The van der Waals surface area contributed by atoms with Crippen LogP contribution in [-0.2, 0) is 18.9 Å². The first kappa shape index (κ1) is 36.6. The van der Waals surface area contributed by atoms with E-state index in [1.54, 1.807) is 13.0 Å². The number of aliphatic hydroxyl groups is 8. The van der Waals surface area contributed by atoms with E-state index < -0.39 is 96.9 Å². The summed E-state index contributed by atoms with van der Waals surface area (Å²) in [6, 6.07) is 3.14. The standard InChI is InChI=1S/C36H52O14/c1-16-31(50-33-29(43)27(41)26(40)23(14-37)49-33)28(42)30(44)32(47-16)48-19-8-10-34(2)18(12-19)5-6-21-22(34)13-24(38)35(3)20(9-11-36(21,35)45)17-4-7-25(39)46-15-17/h4,7,12,15-16,19-24,26-33,37-38,40-45H,5-6,8-11,13-14H2,1-3H3/t16-,19-,20+,21+,22?,23+,24+,26+,27-,28-,29+,30+,31-,32-,33-,34-,35-,36-/m0/s1. The summed E-state index contributed by atoms with van der Waals surface area (Å²) in [6.45, 7) is 5.16. The summed E-state index contributed by atoms with van der Waals surface area (Å²) in [6.07, 6.45) is -7.05. The molecule has 280 valence electrons. The highest BCUT2D eigenvalue weighted by Crippen LogP contribution is 2.70. The molecule has 1 aromatic heterocycles. The smallest absolute Gasteiger partial charge is 0.335 e. The molecule has 3 saturated carbocycles. The molecule has 0 aromatic carbocycles. The van der Waals surface area contributed by atoms with Gasteiger partial charge in [-0.3, -0.25) is 0 Å². The largest absolute Gasteiger partial charge is 0.431 e. The van der Waals surface area contributed by atoms with Crippen molar-refractivity contribution in [3.63, 3.8) is 0 Å². The van der Waals surface area contributed by atoms with Crippen LogP contribution in [0.3, 0.4) is 0 Å². The van der Waals surface area contributed by atoms with Crippen LogP contribution in [-0.4, -0.2) is 127 Å². The zero-order valence-corrected chi connectivity index (χ0v) is 28.7. The van der Waals surface area contributed by atoms with Gasteiger partial charge in [0.1, 0.15) is 42.7 Å². The maximum Gasteiger partial charge on any atom is 0.335 e. The molecular formula is C36H52O14. The fourth-order valence-electron chi connectivity index (χ4n) is 10.7. The highest BCUT2D eigenvalue weighted by molar-refractivity contribution is 5.32. The van der Waals surface area contributed by atoms with Crippen LogP contribution in [0.15, 0.2) is 39.3 Å². The molecule has 4 aliphatic carbocycles. The Balaban J connectivity index is 1.03. The second-order valence-corrected chi connectivity index (χ2v) is 16.0. The van der Waals surface area contributed by atoms with Gasteiger partial charge in [0.05, 0.1) is 36.8 Å². The molecule has 50 heavy (non-hydrogen) atoms. The molecule has 0 spiro atoms.